The van der Waals surface area contributed by atoms with E-state index in [4.69, 9.17) is 0 Å². The molecule has 0 bridgehead atoms. The van der Waals surface area contributed by atoms with Gasteiger partial charge in [-0.2, -0.15) is 0 Å². The van der Waals surface area contributed by atoms with Gasteiger partial charge in [0.05, 0.1) is 17.6 Å². The second kappa shape index (κ2) is 11.8. The summed E-state index contributed by atoms with van der Waals surface area (Å²) in [5.74, 6) is -0.803. The molecule has 0 amide bonds. The van der Waals surface area contributed by atoms with Gasteiger partial charge in [-0.3, -0.25) is 4.79 Å². The third kappa shape index (κ3) is 9.08. The monoisotopic (exact) mass is 514 g/mol. The van der Waals surface area contributed by atoms with Crippen molar-refractivity contribution in [1.29, 1.82) is 0 Å². The first kappa shape index (κ1) is 31.3. The lowest BCUT2D eigenvalue weighted by Crippen LogP contribution is -2.25. The molecule has 2 rings (SSSR count). The van der Waals surface area contributed by atoms with E-state index < -0.39 is 23.6 Å². The summed E-state index contributed by atoms with van der Waals surface area (Å²) in [6.45, 7) is 16.2. The molecule has 2 unspecified atom stereocenters. The molecule has 0 saturated carbocycles. The summed E-state index contributed by atoms with van der Waals surface area (Å²) in [6.07, 6.45) is 15.2. The summed E-state index contributed by atoms with van der Waals surface area (Å²) in [7, 11) is 0. The number of aliphatic carboxylic acids is 1. The molecule has 208 valence electrons. The Morgan fingerprint density at radius 2 is 1.22 bits per heavy atom. The highest BCUT2D eigenvalue weighted by Gasteiger charge is 2.30. The van der Waals surface area contributed by atoms with Gasteiger partial charge >= 0.3 is 5.97 Å². The van der Waals surface area contributed by atoms with E-state index in [-0.39, 0.29) is 22.9 Å². The van der Waals surface area contributed by atoms with E-state index in [9.17, 15) is 25.2 Å². The van der Waals surface area contributed by atoms with Crippen molar-refractivity contribution in [1.82, 2.24) is 0 Å². The molecule has 5 nitrogen and oxygen atoms in total. The van der Waals surface area contributed by atoms with Crippen LogP contribution in [0.3, 0.4) is 0 Å². The molecule has 0 aromatic carbocycles. The lowest BCUT2D eigenvalue weighted by molar-refractivity contribution is -0.147. The molecule has 0 fully saturated rings. The average Bonchev–Trinajstić information content (AvgIpc) is 2.76. The molecule has 0 aromatic rings. The Kier molecular flexibility index (Phi) is 10.0. The smallest absolute Gasteiger partial charge is 0.309 e. The summed E-state index contributed by atoms with van der Waals surface area (Å²) in [5.41, 5.74) is 2.20. The van der Waals surface area contributed by atoms with Crippen LogP contribution in [-0.4, -0.2) is 45.2 Å². The highest BCUT2D eigenvalue weighted by Crippen LogP contribution is 2.38. The van der Waals surface area contributed by atoms with Gasteiger partial charge in [-0.05, 0) is 80.1 Å². The molecule has 0 aliphatic heterocycles. The van der Waals surface area contributed by atoms with Crippen molar-refractivity contribution in [3.05, 3.63) is 58.7 Å². The predicted octanol–water partition coefficient (Wildman–Crippen LogP) is 6.52. The van der Waals surface area contributed by atoms with Crippen LogP contribution in [0.1, 0.15) is 93.9 Å². The molecule has 5 heteroatoms. The normalized spacial score (nSPS) is 23.9. The number of carboxylic acid groups (broad SMARTS) is 1. The van der Waals surface area contributed by atoms with E-state index in [1.54, 1.807) is 13.8 Å². The number of hydrogen-bond acceptors (Lipinski definition) is 4. The summed E-state index contributed by atoms with van der Waals surface area (Å²) in [4.78, 5) is 11.4. The molecule has 0 aromatic heterocycles. The summed E-state index contributed by atoms with van der Waals surface area (Å²) in [5, 5.41) is 41.3. The van der Waals surface area contributed by atoms with E-state index >= 15 is 0 Å². The first-order chi connectivity index (χ1) is 16.9. The zero-order valence-electron chi connectivity index (χ0n) is 24.3. The minimum absolute atomic E-state index is 0.126. The van der Waals surface area contributed by atoms with E-state index in [1.165, 1.54) is 0 Å². The number of allylic oxidation sites excluding steroid dienone is 4. The lowest BCUT2D eigenvalue weighted by Gasteiger charge is -2.31. The number of carboxylic acids is 1. The number of carbonyl (C=O) groups is 1. The van der Waals surface area contributed by atoms with Crippen LogP contribution in [0.2, 0.25) is 0 Å². The standard InChI is InChI=1S/C32H50O5/c1-29(2,21-33)15-9-11-22-17-30(3,4)19-24(26(22)34)13-14-25-20-31(5,6)18-23(27(25)35)12-10-16-32(7,8)28(36)37/h13-14,17-20,26-27,33-35H,9-12,15-16,21H2,1-8H3,(H,36,37)/b14-13-. The molecule has 37 heavy (non-hydrogen) atoms. The van der Waals surface area contributed by atoms with Crippen LogP contribution in [0.15, 0.2) is 58.7 Å². The third-order valence-corrected chi connectivity index (χ3v) is 7.59. The molecule has 4 N–H and O–H groups in total. The van der Waals surface area contributed by atoms with Crippen molar-refractivity contribution in [2.45, 2.75) is 106 Å². The van der Waals surface area contributed by atoms with Crippen molar-refractivity contribution in [2.75, 3.05) is 6.61 Å². The minimum atomic E-state index is -0.803. The average molecular weight is 515 g/mol. The van der Waals surface area contributed by atoms with Crippen molar-refractivity contribution in [3.63, 3.8) is 0 Å². The summed E-state index contributed by atoms with van der Waals surface area (Å²) >= 11 is 0. The molecule has 2 aliphatic carbocycles. The van der Waals surface area contributed by atoms with Gasteiger partial charge in [0, 0.05) is 17.4 Å². The second-order valence-electron chi connectivity index (χ2n) is 13.7. The number of hydrogen-bond donors (Lipinski definition) is 4. The zero-order chi connectivity index (χ0) is 28.2. The van der Waals surface area contributed by atoms with Gasteiger partial charge < -0.3 is 20.4 Å². The van der Waals surface area contributed by atoms with Crippen LogP contribution in [0, 0.1) is 21.7 Å². The maximum Gasteiger partial charge on any atom is 0.309 e. The Bertz CT molecular complexity index is 985. The molecular weight excluding hydrogens is 464 g/mol. The Morgan fingerprint density at radius 3 is 1.59 bits per heavy atom. The van der Waals surface area contributed by atoms with Gasteiger partial charge in [-0.25, -0.2) is 0 Å². The number of rotatable bonds is 12. The van der Waals surface area contributed by atoms with Gasteiger partial charge in [0.2, 0.25) is 0 Å². The number of aliphatic hydroxyl groups excluding tert-OH is 3. The van der Waals surface area contributed by atoms with E-state index in [1.807, 2.05) is 12.2 Å². The molecule has 0 saturated heterocycles. The van der Waals surface area contributed by atoms with Crippen LogP contribution in [0.25, 0.3) is 0 Å². The zero-order valence-corrected chi connectivity index (χ0v) is 24.3. The van der Waals surface area contributed by atoms with Crippen molar-refractivity contribution >= 4 is 5.97 Å². The summed E-state index contributed by atoms with van der Waals surface area (Å²) < 4.78 is 0. The van der Waals surface area contributed by atoms with Gasteiger partial charge in [0.1, 0.15) is 0 Å². The molecule has 2 aliphatic rings. The molecule has 0 radical (unpaired) electrons. The Balaban J connectivity index is 2.14. The fraction of sp³-hybridized carbons (Fsp3) is 0.656. The van der Waals surface area contributed by atoms with Gasteiger partial charge in [-0.15, -0.1) is 0 Å². The lowest BCUT2D eigenvalue weighted by atomic mass is 9.76. The predicted molar refractivity (Wildman–Crippen MR) is 151 cm³/mol. The molecule has 2 atom stereocenters. The maximum absolute atomic E-state index is 11.4. The van der Waals surface area contributed by atoms with E-state index in [0.29, 0.717) is 19.3 Å². The van der Waals surface area contributed by atoms with Crippen LogP contribution in [0.4, 0.5) is 0 Å². The van der Waals surface area contributed by atoms with Crippen molar-refractivity contribution in [2.24, 2.45) is 21.7 Å². The van der Waals surface area contributed by atoms with E-state index in [0.717, 1.165) is 41.6 Å². The summed E-state index contributed by atoms with van der Waals surface area (Å²) in [6, 6.07) is 0. The first-order valence-corrected chi connectivity index (χ1v) is 13.7. The first-order valence-electron chi connectivity index (χ1n) is 13.7. The van der Waals surface area contributed by atoms with Crippen LogP contribution >= 0.6 is 0 Å². The fourth-order valence-electron chi connectivity index (χ4n) is 5.22. The van der Waals surface area contributed by atoms with Gasteiger partial charge in [0.25, 0.3) is 0 Å². The molecule has 0 spiro atoms. The minimum Gasteiger partial charge on any atom is -0.481 e. The topological polar surface area (TPSA) is 98.0 Å². The van der Waals surface area contributed by atoms with Crippen molar-refractivity contribution in [3.8, 4) is 0 Å². The highest BCUT2D eigenvalue weighted by molar-refractivity contribution is 5.73. The maximum atomic E-state index is 11.4. The molecular formula is C32H50O5. The highest BCUT2D eigenvalue weighted by atomic mass is 16.4. The van der Waals surface area contributed by atoms with Crippen LogP contribution in [0.5, 0.6) is 0 Å². The van der Waals surface area contributed by atoms with Crippen LogP contribution < -0.4 is 0 Å². The Hall–Kier alpha value is -1.95. The van der Waals surface area contributed by atoms with Gasteiger partial charge in [-0.1, -0.05) is 78.0 Å². The third-order valence-electron chi connectivity index (χ3n) is 7.59. The van der Waals surface area contributed by atoms with Crippen LogP contribution in [-0.2, 0) is 4.79 Å². The Morgan fingerprint density at radius 1 is 0.811 bits per heavy atom. The second-order valence-corrected chi connectivity index (χ2v) is 13.7. The fourth-order valence-corrected chi connectivity index (χ4v) is 5.22. The SMILES string of the molecule is CC1(C)C=C(/C=C\C2=CC(C)(C)C=C(CCCC(C)(C)C(=O)O)C2O)C(O)C(CCCC(C)(C)CO)=C1. The molecule has 0 heterocycles. The Labute approximate surface area is 224 Å². The number of aliphatic hydroxyl groups is 3. The quantitative estimate of drug-likeness (QED) is 0.222. The largest absolute Gasteiger partial charge is 0.481 e. The van der Waals surface area contributed by atoms with Crippen molar-refractivity contribution < 1.29 is 25.2 Å². The van der Waals surface area contributed by atoms with Gasteiger partial charge in [0.15, 0.2) is 0 Å². The van der Waals surface area contributed by atoms with E-state index in [2.05, 4.69) is 65.8 Å².